The van der Waals surface area contributed by atoms with E-state index >= 15 is 0 Å². The van der Waals surface area contributed by atoms with Gasteiger partial charge in [-0.1, -0.05) is 0 Å². The van der Waals surface area contributed by atoms with Crippen molar-refractivity contribution in [2.75, 3.05) is 0 Å². The van der Waals surface area contributed by atoms with Crippen molar-refractivity contribution >= 4 is 37.8 Å². The summed E-state index contributed by atoms with van der Waals surface area (Å²) in [4.78, 5) is 23.5. The number of nitrogens with zero attached hydrogens (tertiary/aromatic N) is 1. The van der Waals surface area contributed by atoms with E-state index in [2.05, 4.69) is 31.9 Å². The van der Waals surface area contributed by atoms with Crippen LogP contribution in [0.4, 0.5) is 0 Å². The van der Waals surface area contributed by atoms with E-state index in [1.165, 1.54) is 4.57 Å². The van der Waals surface area contributed by atoms with E-state index in [0.29, 0.717) is 21.6 Å². The largest absolute Gasteiger partial charge is 0.464 e. The molecule has 0 saturated carbocycles. The van der Waals surface area contributed by atoms with Gasteiger partial charge in [-0.15, -0.1) is 0 Å². The first-order valence-electron chi connectivity index (χ1n) is 5.58. The van der Waals surface area contributed by atoms with E-state index < -0.39 is 5.91 Å². The van der Waals surface area contributed by atoms with Gasteiger partial charge in [0.25, 0.3) is 11.5 Å². The summed E-state index contributed by atoms with van der Waals surface area (Å²) in [5.74, 6) is 5.60. The Hall–Kier alpha value is -1.38. The van der Waals surface area contributed by atoms with Gasteiger partial charge in [0, 0.05) is 10.7 Å². The molecule has 0 aliphatic carbocycles. The molecule has 2 aromatic rings. The quantitative estimate of drug-likeness (QED) is 0.464. The van der Waals surface area contributed by atoms with Crippen LogP contribution in [0.2, 0.25) is 0 Å². The number of nitrogens with two attached hydrogens (primary N) is 1. The Kier molecular flexibility index (Phi) is 4.46. The fourth-order valence-electron chi connectivity index (χ4n) is 1.77. The van der Waals surface area contributed by atoms with Crippen molar-refractivity contribution in [3.63, 3.8) is 0 Å². The highest BCUT2D eigenvalue weighted by Crippen LogP contribution is 2.17. The third-order valence-electron chi connectivity index (χ3n) is 2.68. The van der Waals surface area contributed by atoms with Crippen LogP contribution < -0.4 is 16.8 Å². The van der Waals surface area contributed by atoms with Crippen LogP contribution in [0.15, 0.2) is 36.5 Å². The molecule has 0 spiro atoms. The van der Waals surface area contributed by atoms with Gasteiger partial charge in [0.15, 0.2) is 0 Å². The topological polar surface area (TPSA) is 90.3 Å². The molecule has 2 aromatic heterocycles. The zero-order valence-electron chi connectivity index (χ0n) is 10.4. The molecule has 0 radical (unpaired) electrons. The lowest BCUT2D eigenvalue weighted by atomic mass is 10.2. The van der Waals surface area contributed by atoms with Gasteiger partial charge in [0.2, 0.25) is 0 Å². The van der Waals surface area contributed by atoms with Crippen molar-refractivity contribution in [3.05, 3.63) is 54.7 Å². The van der Waals surface area contributed by atoms with Crippen LogP contribution in [0.25, 0.3) is 0 Å². The third-order valence-corrected chi connectivity index (χ3v) is 3.68. The zero-order chi connectivity index (χ0) is 14.9. The highest BCUT2D eigenvalue weighted by molar-refractivity contribution is 9.11. The molecule has 0 saturated heterocycles. The van der Waals surface area contributed by atoms with Gasteiger partial charge < -0.3 is 8.98 Å². The fraction of sp³-hybridized carbons (Fsp3) is 0.167. The number of carbonyl (C=O) groups is 1. The van der Waals surface area contributed by atoms with Crippen LogP contribution in [0, 0.1) is 6.92 Å². The number of amides is 1. The summed E-state index contributed by atoms with van der Waals surface area (Å²) in [5.41, 5.74) is 2.21. The van der Waals surface area contributed by atoms with Crippen LogP contribution in [0.3, 0.4) is 0 Å². The average molecular weight is 405 g/mol. The number of aromatic nitrogens is 1. The summed E-state index contributed by atoms with van der Waals surface area (Å²) in [6.45, 7) is 1.88. The molecule has 0 aliphatic heterocycles. The molecule has 1 amide bonds. The lowest BCUT2D eigenvalue weighted by molar-refractivity contribution is 0.0952. The summed E-state index contributed by atoms with van der Waals surface area (Å²) >= 11 is 6.50. The monoisotopic (exact) mass is 403 g/mol. The number of hydrogen-bond donors (Lipinski definition) is 2. The summed E-state index contributed by atoms with van der Waals surface area (Å²) in [6, 6.07) is 3.23. The molecular weight excluding hydrogens is 394 g/mol. The Morgan fingerprint density at radius 3 is 2.80 bits per heavy atom. The van der Waals surface area contributed by atoms with Gasteiger partial charge in [-0.2, -0.15) is 0 Å². The number of carbonyl (C=O) groups excluding carboxylic acids is 1. The van der Waals surface area contributed by atoms with Crippen molar-refractivity contribution in [1.82, 2.24) is 9.99 Å². The third kappa shape index (κ3) is 3.02. The van der Waals surface area contributed by atoms with Crippen LogP contribution >= 0.6 is 31.9 Å². The van der Waals surface area contributed by atoms with Gasteiger partial charge in [-0.05, 0) is 50.9 Å². The molecule has 0 unspecified atom stereocenters. The Bertz CT molecular complexity index is 721. The molecule has 0 aromatic carbocycles. The van der Waals surface area contributed by atoms with Crippen molar-refractivity contribution in [2.24, 2.45) is 5.84 Å². The van der Waals surface area contributed by atoms with Gasteiger partial charge >= 0.3 is 0 Å². The summed E-state index contributed by atoms with van der Waals surface area (Å²) < 4.78 is 8.13. The number of hydrogen-bond acceptors (Lipinski definition) is 4. The molecule has 0 aliphatic rings. The average Bonchev–Trinajstić information content (AvgIpc) is 2.75. The Balaban J connectivity index is 2.36. The second kappa shape index (κ2) is 5.94. The van der Waals surface area contributed by atoms with Gasteiger partial charge in [-0.25, -0.2) is 5.84 Å². The van der Waals surface area contributed by atoms with Crippen molar-refractivity contribution in [1.29, 1.82) is 0 Å². The first kappa shape index (κ1) is 15.0. The molecule has 106 valence electrons. The lowest BCUT2D eigenvalue weighted by Gasteiger charge is -2.04. The molecule has 0 atom stereocenters. The molecule has 8 heteroatoms. The van der Waals surface area contributed by atoms with E-state index in [4.69, 9.17) is 10.3 Å². The van der Waals surface area contributed by atoms with E-state index in [-0.39, 0.29) is 12.1 Å². The number of aryl methyl sites for hydroxylation is 1. The highest BCUT2D eigenvalue weighted by Gasteiger charge is 2.15. The molecule has 20 heavy (non-hydrogen) atoms. The van der Waals surface area contributed by atoms with E-state index in [9.17, 15) is 9.59 Å². The second-order valence-corrected chi connectivity index (χ2v) is 5.87. The van der Waals surface area contributed by atoms with E-state index in [1.54, 1.807) is 25.3 Å². The normalized spacial score (nSPS) is 10.6. The van der Waals surface area contributed by atoms with Crippen LogP contribution in [-0.2, 0) is 6.54 Å². The van der Waals surface area contributed by atoms with Crippen molar-refractivity contribution in [2.45, 2.75) is 13.5 Å². The SMILES string of the molecule is Cc1oc(Cn2cc(Br)cc(Br)c2=O)cc1C(=O)NN. The van der Waals surface area contributed by atoms with Gasteiger partial charge in [0.1, 0.15) is 11.5 Å². The predicted octanol–water partition coefficient (Wildman–Crippen LogP) is 1.93. The van der Waals surface area contributed by atoms with Crippen LogP contribution in [0.5, 0.6) is 0 Å². The molecule has 2 heterocycles. The number of hydrazine groups is 1. The molecule has 6 nitrogen and oxygen atoms in total. The van der Waals surface area contributed by atoms with Gasteiger partial charge in [-0.3, -0.25) is 15.0 Å². The maximum Gasteiger partial charge on any atom is 0.268 e. The number of halogens is 2. The van der Waals surface area contributed by atoms with E-state index in [1.807, 2.05) is 5.43 Å². The Morgan fingerprint density at radius 1 is 1.45 bits per heavy atom. The standard InChI is InChI=1S/C12H11Br2N3O3/c1-6-9(11(18)16-15)3-8(20-6)5-17-4-7(13)2-10(14)12(17)19/h2-4H,5,15H2,1H3,(H,16,18). The summed E-state index contributed by atoms with van der Waals surface area (Å²) in [5, 5.41) is 0. The molecule has 0 bridgehead atoms. The van der Waals surface area contributed by atoms with Gasteiger partial charge in [0.05, 0.1) is 16.6 Å². The Labute approximate surface area is 131 Å². The molecule has 2 rings (SSSR count). The fourth-order valence-corrected chi connectivity index (χ4v) is 3.03. The van der Waals surface area contributed by atoms with E-state index in [0.717, 1.165) is 4.47 Å². The second-order valence-electron chi connectivity index (χ2n) is 4.10. The predicted molar refractivity (Wildman–Crippen MR) is 80.3 cm³/mol. The number of furan rings is 1. The number of nitrogens with one attached hydrogen (secondary N) is 1. The molecule has 0 fully saturated rings. The molecular formula is C12H11Br2N3O3. The number of nitrogen functional groups attached to an aromatic ring is 1. The minimum Gasteiger partial charge on any atom is -0.464 e. The first-order chi connectivity index (χ1) is 9.42. The number of pyridine rings is 1. The van der Waals surface area contributed by atoms with Crippen molar-refractivity contribution in [3.8, 4) is 0 Å². The number of rotatable bonds is 3. The van der Waals surface area contributed by atoms with Crippen LogP contribution in [0.1, 0.15) is 21.9 Å². The smallest absolute Gasteiger partial charge is 0.268 e. The van der Waals surface area contributed by atoms with Crippen molar-refractivity contribution < 1.29 is 9.21 Å². The Morgan fingerprint density at radius 2 is 2.15 bits per heavy atom. The zero-order valence-corrected chi connectivity index (χ0v) is 13.6. The van der Waals surface area contributed by atoms with Crippen LogP contribution in [-0.4, -0.2) is 10.5 Å². The summed E-state index contributed by atoms with van der Waals surface area (Å²) in [6.07, 6.45) is 1.65. The maximum atomic E-state index is 12.0. The summed E-state index contributed by atoms with van der Waals surface area (Å²) in [7, 11) is 0. The molecule has 3 N–H and O–H groups in total. The lowest BCUT2D eigenvalue weighted by Crippen LogP contribution is -2.30. The minimum atomic E-state index is -0.430. The minimum absolute atomic E-state index is 0.188. The highest BCUT2D eigenvalue weighted by atomic mass is 79.9. The maximum absolute atomic E-state index is 12.0. The first-order valence-corrected chi connectivity index (χ1v) is 7.16.